The van der Waals surface area contributed by atoms with Crippen LogP contribution in [0.25, 0.3) is 0 Å². The first-order valence-corrected chi connectivity index (χ1v) is 8.27. The minimum Gasteiger partial charge on any atom is -0.440 e. The number of hydrogen-bond acceptors (Lipinski definition) is 4. The zero-order valence-electron chi connectivity index (χ0n) is 14.4. The summed E-state index contributed by atoms with van der Waals surface area (Å²) < 4.78 is 5.77. The number of carbonyl (C=O) groups is 2. The van der Waals surface area contributed by atoms with Gasteiger partial charge in [0.2, 0.25) is 11.8 Å². The van der Waals surface area contributed by atoms with Gasteiger partial charge in [0.1, 0.15) is 0 Å². The first kappa shape index (κ1) is 16.5. The molecule has 0 saturated carbocycles. The maximum Gasteiger partial charge on any atom is 0.287 e. The van der Waals surface area contributed by atoms with E-state index in [9.17, 15) is 9.59 Å². The van der Waals surface area contributed by atoms with E-state index in [1.165, 1.54) is 6.92 Å². The fourth-order valence-corrected chi connectivity index (χ4v) is 3.19. The van der Waals surface area contributed by atoms with Gasteiger partial charge in [0.25, 0.3) is 12.1 Å². The Balaban J connectivity index is 1.80. The molecule has 0 spiro atoms. The summed E-state index contributed by atoms with van der Waals surface area (Å²) in [5, 5.41) is 5.37. The van der Waals surface area contributed by atoms with Gasteiger partial charge >= 0.3 is 0 Å². The van der Waals surface area contributed by atoms with E-state index >= 15 is 0 Å². The summed E-state index contributed by atoms with van der Waals surface area (Å²) in [6, 6.07) is 9.30. The van der Waals surface area contributed by atoms with Crippen molar-refractivity contribution in [3.05, 3.63) is 35.9 Å². The van der Waals surface area contributed by atoms with Crippen molar-refractivity contribution in [2.24, 2.45) is 10.5 Å². The molecule has 1 saturated heterocycles. The van der Waals surface area contributed by atoms with Crippen molar-refractivity contribution in [3.63, 3.8) is 0 Å². The smallest absolute Gasteiger partial charge is 0.287 e. The second kappa shape index (κ2) is 6.26. The Morgan fingerprint density at radius 2 is 1.96 bits per heavy atom. The molecule has 0 bridgehead atoms. The molecule has 0 aliphatic carbocycles. The van der Waals surface area contributed by atoms with Crippen molar-refractivity contribution in [2.45, 2.75) is 39.8 Å². The fraction of sp³-hybridized carbons (Fsp3) is 0.500. The molecule has 2 aliphatic heterocycles. The lowest BCUT2D eigenvalue weighted by Crippen LogP contribution is -2.52. The molecule has 1 unspecified atom stereocenters. The Hall–Kier alpha value is -2.37. The topological polar surface area (TPSA) is 62.2 Å². The summed E-state index contributed by atoms with van der Waals surface area (Å²) in [7, 11) is 0. The first-order chi connectivity index (χ1) is 11.4. The van der Waals surface area contributed by atoms with Gasteiger partial charge in [0.15, 0.2) is 0 Å². The highest BCUT2D eigenvalue weighted by molar-refractivity contribution is 5.99. The molecule has 2 aliphatic rings. The Labute approximate surface area is 142 Å². The maximum absolute atomic E-state index is 12.9. The van der Waals surface area contributed by atoms with Crippen molar-refractivity contribution in [1.29, 1.82) is 0 Å². The number of carbonyl (C=O) groups excluding carboxylic acids is 2. The zero-order valence-corrected chi connectivity index (χ0v) is 14.4. The fourth-order valence-electron chi connectivity index (χ4n) is 3.19. The van der Waals surface area contributed by atoms with Gasteiger partial charge in [-0.2, -0.15) is 5.01 Å². The minimum atomic E-state index is -1.01. The average molecular weight is 329 g/mol. The maximum atomic E-state index is 12.9. The summed E-state index contributed by atoms with van der Waals surface area (Å²) in [5.41, 5.74) is 0.828. The molecule has 2 amide bonds. The molecule has 1 aromatic rings. The lowest BCUT2D eigenvalue weighted by molar-refractivity contribution is -0.156. The van der Waals surface area contributed by atoms with Crippen molar-refractivity contribution in [3.8, 4) is 0 Å². The van der Waals surface area contributed by atoms with Gasteiger partial charge in [0.05, 0.1) is 0 Å². The molecule has 2 heterocycles. The zero-order chi connectivity index (χ0) is 17.3. The van der Waals surface area contributed by atoms with Gasteiger partial charge in [-0.3, -0.25) is 9.59 Å². The molecule has 1 fully saturated rings. The predicted octanol–water partition coefficient (Wildman–Crippen LogP) is 2.20. The van der Waals surface area contributed by atoms with Crippen LogP contribution in [0.15, 0.2) is 35.4 Å². The number of amides is 2. The monoisotopic (exact) mass is 329 g/mol. The largest absolute Gasteiger partial charge is 0.440 e. The third kappa shape index (κ3) is 3.27. The Morgan fingerprint density at radius 3 is 2.58 bits per heavy atom. The van der Waals surface area contributed by atoms with Crippen LogP contribution < -0.4 is 0 Å². The number of hydrazone groups is 1. The molecule has 0 aromatic heterocycles. The van der Waals surface area contributed by atoms with Crippen LogP contribution in [0.4, 0.5) is 0 Å². The summed E-state index contributed by atoms with van der Waals surface area (Å²) in [6.45, 7) is 7.04. The SMILES string of the molecule is CC(=O)N1N=C(c2ccccc2)OC1C(=O)N1CCCC(C)(C)C1. The Morgan fingerprint density at radius 1 is 1.25 bits per heavy atom. The summed E-state index contributed by atoms with van der Waals surface area (Å²) >= 11 is 0. The quantitative estimate of drug-likeness (QED) is 0.836. The van der Waals surface area contributed by atoms with Crippen molar-refractivity contribution in [1.82, 2.24) is 9.91 Å². The normalized spacial score (nSPS) is 22.8. The number of rotatable bonds is 2. The van der Waals surface area contributed by atoms with E-state index in [1.54, 1.807) is 4.90 Å². The Kier molecular flexibility index (Phi) is 4.30. The van der Waals surface area contributed by atoms with Crippen LogP contribution in [0.2, 0.25) is 0 Å². The van der Waals surface area contributed by atoms with Crippen LogP contribution >= 0.6 is 0 Å². The number of benzene rings is 1. The van der Waals surface area contributed by atoms with Gasteiger partial charge < -0.3 is 9.64 Å². The summed E-state index contributed by atoms with van der Waals surface area (Å²) in [6.07, 6.45) is 1.04. The van der Waals surface area contributed by atoms with E-state index in [2.05, 4.69) is 18.9 Å². The van der Waals surface area contributed by atoms with Crippen LogP contribution in [0.1, 0.15) is 39.2 Å². The third-order valence-corrected chi connectivity index (χ3v) is 4.41. The molecular formula is C18H23N3O3. The highest BCUT2D eigenvalue weighted by Gasteiger charge is 2.41. The second-order valence-corrected chi connectivity index (χ2v) is 7.13. The van der Waals surface area contributed by atoms with Crippen LogP contribution in [0, 0.1) is 5.41 Å². The van der Waals surface area contributed by atoms with Crippen molar-refractivity contribution < 1.29 is 14.3 Å². The van der Waals surface area contributed by atoms with Crippen molar-refractivity contribution in [2.75, 3.05) is 13.1 Å². The number of nitrogens with zero attached hydrogens (tertiary/aromatic N) is 3. The van der Waals surface area contributed by atoms with E-state index in [0.717, 1.165) is 23.4 Å². The number of likely N-dealkylation sites (tertiary alicyclic amines) is 1. The molecule has 6 heteroatoms. The van der Waals surface area contributed by atoms with E-state index in [0.29, 0.717) is 19.0 Å². The van der Waals surface area contributed by atoms with Gasteiger partial charge in [-0.1, -0.05) is 32.0 Å². The first-order valence-electron chi connectivity index (χ1n) is 8.27. The number of hydrogen-bond donors (Lipinski definition) is 0. The van der Waals surface area contributed by atoms with Crippen LogP contribution in [-0.2, 0) is 14.3 Å². The molecule has 6 nitrogen and oxygen atoms in total. The molecule has 24 heavy (non-hydrogen) atoms. The minimum absolute atomic E-state index is 0.0800. The molecule has 3 rings (SSSR count). The van der Waals surface area contributed by atoms with Gasteiger partial charge in [-0.15, -0.1) is 5.10 Å². The summed E-state index contributed by atoms with van der Waals surface area (Å²) in [4.78, 5) is 26.6. The van der Waals surface area contributed by atoms with E-state index < -0.39 is 6.23 Å². The molecule has 1 aromatic carbocycles. The molecule has 0 N–H and O–H groups in total. The van der Waals surface area contributed by atoms with E-state index in [-0.39, 0.29) is 17.2 Å². The van der Waals surface area contributed by atoms with E-state index in [4.69, 9.17) is 4.74 Å². The lowest BCUT2D eigenvalue weighted by atomic mass is 9.84. The van der Waals surface area contributed by atoms with Crippen molar-refractivity contribution >= 4 is 17.7 Å². The highest BCUT2D eigenvalue weighted by Crippen LogP contribution is 2.30. The van der Waals surface area contributed by atoms with Gasteiger partial charge in [0, 0.05) is 25.6 Å². The van der Waals surface area contributed by atoms with Crippen LogP contribution in [-0.4, -0.2) is 46.9 Å². The standard InChI is InChI=1S/C18H23N3O3/c1-13(22)21-17(16(23)20-11-7-10-18(2,3)12-20)24-15(19-21)14-8-5-4-6-9-14/h4-6,8-9,17H,7,10-12H2,1-3H3. The molecule has 128 valence electrons. The van der Waals surface area contributed by atoms with Crippen LogP contribution in [0.3, 0.4) is 0 Å². The van der Waals surface area contributed by atoms with Gasteiger partial charge in [-0.25, -0.2) is 0 Å². The number of piperidine rings is 1. The molecule has 1 atom stereocenters. The van der Waals surface area contributed by atoms with Crippen LogP contribution in [0.5, 0.6) is 0 Å². The molecular weight excluding hydrogens is 306 g/mol. The number of ether oxygens (including phenoxy) is 1. The predicted molar refractivity (Wildman–Crippen MR) is 90.0 cm³/mol. The summed E-state index contributed by atoms with van der Waals surface area (Å²) in [5.74, 6) is -0.205. The molecule has 0 radical (unpaired) electrons. The lowest BCUT2D eigenvalue weighted by Gasteiger charge is -2.39. The Bertz CT molecular complexity index is 669. The third-order valence-electron chi connectivity index (χ3n) is 4.41. The second-order valence-electron chi connectivity index (χ2n) is 7.13. The average Bonchev–Trinajstić information content (AvgIpc) is 2.99. The van der Waals surface area contributed by atoms with Gasteiger partial charge in [-0.05, 0) is 30.4 Å². The highest BCUT2D eigenvalue weighted by atomic mass is 16.5. The van der Waals surface area contributed by atoms with E-state index in [1.807, 2.05) is 30.3 Å².